The minimum absolute atomic E-state index is 0.128. The van der Waals surface area contributed by atoms with E-state index in [1.807, 2.05) is 65.2 Å². The molecule has 0 saturated carbocycles. The molecule has 0 radical (unpaired) electrons. The summed E-state index contributed by atoms with van der Waals surface area (Å²) in [5, 5.41) is 15.3. The van der Waals surface area contributed by atoms with Crippen LogP contribution in [0.15, 0.2) is 79.0 Å². The van der Waals surface area contributed by atoms with Crippen molar-refractivity contribution >= 4 is 38.3 Å². The van der Waals surface area contributed by atoms with Gasteiger partial charge in [-0.05, 0) is 35.9 Å². The van der Waals surface area contributed by atoms with Gasteiger partial charge in [0.05, 0.1) is 28.6 Å². The lowest BCUT2D eigenvalue weighted by Crippen LogP contribution is -2.30. The van der Waals surface area contributed by atoms with Crippen molar-refractivity contribution < 1.29 is 14.7 Å². The van der Waals surface area contributed by atoms with Crippen LogP contribution in [0.1, 0.15) is 32.3 Å². The van der Waals surface area contributed by atoms with Gasteiger partial charge in [-0.1, -0.05) is 53.8 Å². The second kappa shape index (κ2) is 9.09. The van der Waals surface area contributed by atoms with Gasteiger partial charge in [0.2, 0.25) is 0 Å². The number of carbonyl (C=O) groups excluding carboxylic acids is 2. The van der Waals surface area contributed by atoms with E-state index in [9.17, 15) is 14.7 Å². The van der Waals surface area contributed by atoms with Crippen molar-refractivity contribution in [3.05, 3.63) is 95.7 Å². The van der Waals surface area contributed by atoms with Crippen LogP contribution in [0.2, 0.25) is 0 Å². The average Bonchev–Trinajstić information content (AvgIpc) is 3.45. The van der Waals surface area contributed by atoms with Crippen molar-refractivity contribution in [1.29, 1.82) is 0 Å². The Morgan fingerprint density at radius 1 is 1.00 bits per heavy atom. The lowest BCUT2D eigenvalue weighted by atomic mass is 10.1. The topological polar surface area (TPSA) is 95.7 Å². The second-order valence-corrected chi connectivity index (χ2v) is 8.85. The van der Waals surface area contributed by atoms with E-state index in [0.717, 1.165) is 32.0 Å². The number of benzene rings is 3. The third-order valence-electron chi connectivity index (χ3n) is 5.72. The van der Waals surface area contributed by atoms with Crippen molar-refractivity contribution in [3.8, 4) is 11.3 Å². The van der Waals surface area contributed by atoms with E-state index in [1.165, 1.54) is 11.3 Å². The van der Waals surface area contributed by atoms with Crippen LogP contribution in [0.5, 0.6) is 0 Å². The zero-order valence-electron chi connectivity index (χ0n) is 18.4. The van der Waals surface area contributed by atoms with Crippen molar-refractivity contribution in [3.63, 3.8) is 0 Å². The van der Waals surface area contributed by atoms with Gasteiger partial charge in [0, 0.05) is 29.9 Å². The van der Waals surface area contributed by atoms with Crippen molar-refractivity contribution in [2.24, 2.45) is 0 Å². The quantitative estimate of drug-likeness (QED) is 0.349. The summed E-state index contributed by atoms with van der Waals surface area (Å²) >= 11 is 1.50. The minimum atomic E-state index is -0.470. The van der Waals surface area contributed by atoms with Crippen LogP contribution in [0.3, 0.4) is 0 Å². The number of carbonyl (C=O) groups is 2. The molecule has 0 aliphatic carbocycles. The molecule has 1 unspecified atom stereocenters. The van der Waals surface area contributed by atoms with Gasteiger partial charge in [0.1, 0.15) is 0 Å². The molecule has 7 nitrogen and oxygen atoms in total. The first kappa shape index (κ1) is 21.8. The summed E-state index contributed by atoms with van der Waals surface area (Å²) in [7, 11) is 1.61. The minimum Gasteiger partial charge on any atom is -0.394 e. The predicted molar refractivity (Wildman–Crippen MR) is 133 cm³/mol. The molecule has 2 amide bonds. The van der Waals surface area contributed by atoms with Crippen molar-refractivity contribution in [2.75, 3.05) is 13.7 Å². The molecule has 8 heteroatoms. The van der Waals surface area contributed by atoms with Crippen LogP contribution < -0.4 is 10.6 Å². The highest BCUT2D eigenvalue weighted by atomic mass is 32.1. The number of nitrogens with zero attached hydrogens (tertiary/aromatic N) is 2. The van der Waals surface area contributed by atoms with Gasteiger partial charge in [-0.3, -0.25) is 14.0 Å². The van der Waals surface area contributed by atoms with E-state index in [0.29, 0.717) is 11.1 Å². The van der Waals surface area contributed by atoms with Crippen LogP contribution in [-0.2, 0) is 0 Å². The standard InChI is InChI=1S/C26H22N4O3S/c1-27-24(32)18-9-7-17(8-10-18)20-14-30-22-12-11-19(13-23(22)34-26(30)29-20)25(33)28-21(15-31)16-5-3-2-4-6-16/h2-14,21,31H,15H2,1H3,(H,27,32)(H,28,33). The zero-order valence-corrected chi connectivity index (χ0v) is 19.2. The molecule has 34 heavy (non-hydrogen) atoms. The Hall–Kier alpha value is -4.01. The van der Waals surface area contributed by atoms with E-state index >= 15 is 0 Å². The summed E-state index contributed by atoms with van der Waals surface area (Å²) in [6.45, 7) is -0.183. The second-order valence-electron chi connectivity index (χ2n) is 7.84. The highest BCUT2D eigenvalue weighted by molar-refractivity contribution is 7.23. The predicted octanol–water partition coefficient (Wildman–Crippen LogP) is 4.04. The Morgan fingerprint density at radius 2 is 1.74 bits per heavy atom. The SMILES string of the molecule is CNC(=O)c1ccc(-c2cn3c(n2)sc2cc(C(=O)NC(CO)c4ccccc4)ccc23)cc1. The monoisotopic (exact) mass is 470 g/mol. The van der Waals surface area contributed by atoms with Gasteiger partial charge in [-0.15, -0.1) is 0 Å². The van der Waals surface area contributed by atoms with Gasteiger partial charge < -0.3 is 15.7 Å². The number of rotatable bonds is 6. The third kappa shape index (κ3) is 4.05. The fourth-order valence-electron chi connectivity index (χ4n) is 3.88. The lowest BCUT2D eigenvalue weighted by molar-refractivity contribution is 0.0915. The number of nitrogens with one attached hydrogen (secondary N) is 2. The lowest BCUT2D eigenvalue weighted by Gasteiger charge is -2.16. The summed E-state index contributed by atoms with van der Waals surface area (Å²) in [6.07, 6.45) is 1.96. The molecule has 5 aromatic rings. The molecule has 2 heterocycles. The van der Waals surface area contributed by atoms with Crippen LogP contribution in [0, 0.1) is 0 Å². The highest BCUT2D eigenvalue weighted by Crippen LogP contribution is 2.30. The van der Waals surface area contributed by atoms with Crippen molar-refractivity contribution in [2.45, 2.75) is 6.04 Å². The van der Waals surface area contributed by atoms with Gasteiger partial charge in [0.15, 0.2) is 4.96 Å². The largest absolute Gasteiger partial charge is 0.394 e. The van der Waals surface area contributed by atoms with Gasteiger partial charge >= 0.3 is 0 Å². The summed E-state index contributed by atoms with van der Waals surface area (Å²) in [6, 6.07) is 21.8. The number of aliphatic hydroxyl groups is 1. The molecule has 0 spiro atoms. The molecule has 3 N–H and O–H groups in total. The number of thiazole rings is 1. The fourth-order valence-corrected chi connectivity index (χ4v) is 4.93. The number of amides is 2. The smallest absolute Gasteiger partial charge is 0.251 e. The number of aliphatic hydroxyl groups excluding tert-OH is 1. The van der Waals surface area contributed by atoms with E-state index in [4.69, 9.17) is 4.98 Å². The summed E-state index contributed by atoms with van der Waals surface area (Å²) in [5.74, 6) is -0.370. The zero-order chi connectivity index (χ0) is 23.7. The maximum absolute atomic E-state index is 12.9. The van der Waals surface area contributed by atoms with Gasteiger partial charge in [0.25, 0.3) is 11.8 Å². The van der Waals surface area contributed by atoms with Crippen molar-refractivity contribution in [1.82, 2.24) is 20.0 Å². The first-order chi connectivity index (χ1) is 16.6. The van der Waals surface area contributed by atoms with E-state index in [-0.39, 0.29) is 18.4 Å². The average molecular weight is 471 g/mol. The Morgan fingerprint density at radius 3 is 2.44 bits per heavy atom. The molecule has 3 aromatic carbocycles. The number of aromatic nitrogens is 2. The highest BCUT2D eigenvalue weighted by Gasteiger charge is 2.17. The summed E-state index contributed by atoms with van der Waals surface area (Å²) in [4.78, 5) is 30.2. The molecular formula is C26H22N4O3S. The molecule has 0 bridgehead atoms. The molecule has 0 fully saturated rings. The summed E-state index contributed by atoms with van der Waals surface area (Å²) < 4.78 is 2.95. The molecule has 5 rings (SSSR count). The number of fused-ring (bicyclic) bond motifs is 3. The summed E-state index contributed by atoms with van der Waals surface area (Å²) in [5.41, 5.74) is 4.66. The molecule has 0 saturated heterocycles. The van der Waals surface area contributed by atoms with Gasteiger partial charge in [-0.25, -0.2) is 4.98 Å². The normalized spacial score (nSPS) is 12.1. The maximum atomic E-state index is 12.9. The van der Waals surface area contributed by atoms with Crippen LogP contribution >= 0.6 is 11.3 Å². The number of hydrogen-bond acceptors (Lipinski definition) is 5. The fraction of sp³-hybridized carbons (Fsp3) is 0.115. The Kier molecular flexibility index (Phi) is 5.83. The molecule has 0 aliphatic heterocycles. The number of imidazole rings is 1. The Labute approximate surface area is 199 Å². The molecule has 1 atom stereocenters. The third-order valence-corrected chi connectivity index (χ3v) is 6.73. The molecule has 2 aromatic heterocycles. The molecular weight excluding hydrogens is 448 g/mol. The van der Waals surface area contributed by atoms with E-state index in [2.05, 4.69) is 10.6 Å². The first-order valence-electron chi connectivity index (χ1n) is 10.8. The van der Waals surface area contributed by atoms with Crippen LogP contribution in [-0.4, -0.2) is 40.0 Å². The maximum Gasteiger partial charge on any atom is 0.251 e. The van der Waals surface area contributed by atoms with E-state index < -0.39 is 6.04 Å². The first-order valence-corrected chi connectivity index (χ1v) is 11.6. The number of hydrogen-bond donors (Lipinski definition) is 3. The van der Waals surface area contributed by atoms with Gasteiger partial charge in [-0.2, -0.15) is 0 Å². The van der Waals surface area contributed by atoms with Crippen LogP contribution in [0.25, 0.3) is 26.4 Å². The Balaban J connectivity index is 1.40. The molecule has 0 aliphatic rings. The van der Waals surface area contributed by atoms with E-state index in [1.54, 1.807) is 25.2 Å². The van der Waals surface area contributed by atoms with Crippen LogP contribution in [0.4, 0.5) is 0 Å². The molecule has 170 valence electrons. The Bertz CT molecular complexity index is 1490.